The highest BCUT2D eigenvalue weighted by Crippen LogP contribution is 2.23. The quantitative estimate of drug-likeness (QED) is 0.447. The fourth-order valence-electron chi connectivity index (χ4n) is 3.23. The van der Waals surface area contributed by atoms with Crippen LogP contribution in [0.25, 0.3) is 0 Å². The minimum Gasteiger partial charge on any atom is -0.497 e. The highest BCUT2D eigenvalue weighted by atomic mass is 16.5. The smallest absolute Gasteiger partial charge is 0.311 e. The molecule has 0 saturated carbocycles. The van der Waals surface area contributed by atoms with E-state index in [0.717, 1.165) is 5.01 Å². The van der Waals surface area contributed by atoms with Crippen molar-refractivity contribution in [1.82, 2.24) is 10.4 Å². The van der Waals surface area contributed by atoms with Gasteiger partial charge in [0.25, 0.3) is 5.91 Å². The van der Waals surface area contributed by atoms with E-state index in [1.807, 2.05) is 0 Å². The fraction of sp³-hybridized carbons (Fsp3) is 0.304. The molecule has 1 unspecified atom stereocenters. The molecule has 1 aliphatic rings. The van der Waals surface area contributed by atoms with Crippen LogP contribution in [-0.2, 0) is 14.3 Å². The Labute approximate surface area is 190 Å². The number of nitrogens with one attached hydrogen (secondary N) is 1. The molecule has 1 saturated heterocycles. The molecule has 2 aromatic rings. The van der Waals surface area contributed by atoms with Crippen molar-refractivity contribution >= 4 is 23.6 Å². The Morgan fingerprint density at radius 2 is 1.58 bits per heavy atom. The lowest BCUT2D eigenvalue weighted by molar-refractivity contribution is -0.147. The Hall–Kier alpha value is -4.08. The highest BCUT2D eigenvalue weighted by Gasteiger charge is 2.37. The molecular weight excluding hydrogens is 432 g/mol. The maximum Gasteiger partial charge on any atom is 0.311 e. The predicted molar refractivity (Wildman–Crippen MR) is 115 cm³/mol. The van der Waals surface area contributed by atoms with Crippen LogP contribution in [-0.4, -0.2) is 63.1 Å². The number of ether oxygens (including phenoxy) is 4. The predicted octanol–water partition coefficient (Wildman–Crippen LogP) is 1.63. The molecule has 0 bridgehead atoms. The van der Waals surface area contributed by atoms with E-state index < -0.39 is 36.1 Å². The highest BCUT2D eigenvalue weighted by molar-refractivity contribution is 5.99. The molecule has 0 aromatic heterocycles. The molecule has 0 aliphatic carbocycles. The first kappa shape index (κ1) is 23.6. The van der Waals surface area contributed by atoms with Gasteiger partial charge >= 0.3 is 5.97 Å². The zero-order valence-corrected chi connectivity index (χ0v) is 18.5. The Kier molecular flexibility index (Phi) is 7.50. The molecule has 0 radical (unpaired) electrons. The van der Waals surface area contributed by atoms with Gasteiger partial charge in [-0.1, -0.05) is 12.1 Å². The minimum absolute atomic E-state index is 0.0716. The van der Waals surface area contributed by atoms with E-state index >= 15 is 0 Å². The van der Waals surface area contributed by atoms with E-state index in [4.69, 9.17) is 18.9 Å². The number of hydrogen-bond acceptors (Lipinski definition) is 8. The Balaban J connectivity index is 1.56. The third-order valence-corrected chi connectivity index (χ3v) is 5.05. The third kappa shape index (κ3) is 5.79. The van der Waals surface area contributed by atoms with Gasteiger partial charge in [-0.25, -0.2) is 0 Å². The van der Waals surface area contributed by atoms with Gasteiger partial charge in [0, 0.05) is 23.6 Å². The second-order valence-electron chi connectivity index (χ2n) is 7.21. The van der Waals surface area contributed by atoms with Crippen LogP contribution in [0, 0.1) is 5.92 Å². The molecular formula is C23H24N2O8. The van der Waals surface area contributed by atoms with E-state index in [2.05, 4.69) is 5.43 Å². The van der Waals surface area contributed by atoms with E-state index in [-0.39, 0.29) is 18.5 Å². The van der Waals surface area contributed by atoms with Crippen molar-refractivity contribution in [2.45, 2.75) is 6.42 Å². The number of benzene rings is 2. The van der Waals surface area contributed by atoms with E-state index in [1.54, 1.807) is 30.3 Å². The summed E-state index contributed by atoms with van der Waals surface area (Å²) in [5, 5.41) is 1.06. The molecule has 174 valence electrons. The van der Waals surface area contributed by atoms with E-state index in [0.29, 0.717) is 22.8 Å². The lowest BCUT2D eigenvalue weighted by atomic mass is 10.1. The largest absolute Gasteiger partial charge is 0.497 e. The topological polar surface area (TPSA) is 120 Å². The van der Waals surface area contributed by atoms with Crippen LogP contribution in [0.3, 0.4) is 0 Å². The van der Waals surface area contributed by atoms with Gasteiger partial charge in [-0.05, 0) is 24.3 Å². The molecule has 10 nitrogen and oxygen atoms in total. The molecule has 1 heterocycles. The summed E-state index contributed by atoms with van der Waals surface area (Å²) in [7, 11) is 4.39. The fourth-order valence-corrected chi connectivity index (χ4v) is 3.23. The van der Waals surface area contributed by atoms with Crippen LogP contribution in [0.5, 0.6) is 17.2 Å². The molecule has 2 amide bonds. The van der Waals surface area contributed by atoms with Crippen molar-refractivity contribution in [3.05, 3.63) is 53.6 Å². The summed E-state index contributed by atoms with van der Waals surface area (Å²) in [4.78, 5) is 49.6. The molecule has 10 heteroatoms. The molecule has 1 N–H and O–H groups in total. The zero-order chi connectivity index (χ0) is 24.0. The number of esters is 1. The van der Waals surface area contributed by atoms with Crippen molar-refractivity contribution < 1.29 is 38.1 Å². The van der Waals surface area contributed by atoms with Gasteiger partial charge in [0.05, 0.1) is 33.8 Å². The Morgan fingerprint density at radius 1 is 0.939 bits per heavy atom. The number of nitrogens with zero attached hydrogens (tertiary/aromatic N) is 1. The van der Waals surface area contributed by atoms with Crippen LogP contribution in [0.15, 0.2) is 42.5 Å². The number of rotatable bonds is 9. The van der Waals surface area contributed by atoms with Gasteiger partial charge in [-0.2, -0.15) is 0 Å². The van der Waals surface area contributed by atoms with Crippen LogP contribution >= 0.6 is 0 Å². The van der Waals surface area contributed by atoms with Crippen LogP contribution in [0.1, 0.15) is 27.1 Å². The number of carbonyl (C=O) groups is 4. The van der Waals surface area contributed by atoms with Crippen molar-refractivity contribution in [1.29, 1.82) is 0 Å². The van der Waals surface area contributed by atoms with Gasteiger partial charge in [-0.15, -0.1) is 0 Å². The third-order valence-electron chi connectivity index (χ3n) is 5.05. The maximum absolute atomic E-state index is 12.6. The second kappa shape index (κ2) is 10.5. The van der Waals surface area contributed by atoms with Gasteiger partial charge in [0.15, 0.2) is 12.4 Å². The molecule has 1 atom stereocenters. The van der Waals surface area contributed by atoms with Crippen LogP contribution in [0.4, 0.5) is 0 Å². The lowest BCUT2D eigenvalue weighted by Crippen LogP contribution is -2.43. The monoisotopic (exact) mass is 456 g/mol. The summed E-state index contributed by atoms with van der Waals surface area (Å²) in [5.41, 5.74) is 3.04. The summed E-state index contributed by atoms with van der Waals surface area (Å²) in [6, 6.07) is 11.1. The summed E-state index contributed by atoms with van der Waals surface area (Å²) in [6.07, 6.45) is -0.145. The number of hydrogen-bond donors (Lipinski definition) is 1. The molecule has 33 heavy (non-hydrogen) atoms. The standard InChI is InChI=1S/C23H24N2O8/c1-30-17-6-4-5-14(7-17)20(26)13-33-23(29)16-10-21(27)25(12-16)24-22(28)15-8-18(31-2)11-19(9-15)32-3/h4-9,11,16H,10,12-13H2,1-3H3,(H,24,28). The maximum atomic E-state index is 12.6. The average Bonchev–Trinajstić information content (AvgIpc) is 3.21. The summed E-state index contributed by atoms with van der Waals surface area (Å²) >= 11 is 0. The number of amides is 2. The number of ketones is 1. The van der Waals surface area contributed by atoms with Gasteiger partial charge < -0.3 is 18.9 Å². The number of hydrazine groups is 1. The second-order valence-corrected chi connectivity index (χ2v) is 7.21. The molecule has 0 spiro atoms. The zero-order valence-electron chi connectivity index (χ0n) is 18.5. The summed E-state index contributed by atoms with van der Waals surface area (Å²) in [6.45, 7) is -0.537. The summed E-state index contributed by atoms with van der Waals surface area (Å²) < 4.78 is 20.5. The van der Waals surface area contributed by atoms with Crippen molar-refractivity contribution in [3.8, 4) is 17.2 Å². The molecule has 2 aromatic carbocycles. The van der Waals surface area contributed by atoms with Gasteiger partial charge in [0.1, 0.15) is 17.2 Å². The Bertz CT molecular complexity index is 1050. The first-order chi connectivity index (χ1) is 15.8. The summed E-state index contributed by atoms with van der Waals surface area (Å²) in [5.74, 6) is -1.58. The van der Waals surface area contributed by atoms with Crippen LogP contribution < -0.4 is 19.6 Å². The Morgan fingerprint density at radius 3 is 2.21 bits per heavy atom. The van der Waals surface area contributed by atoms with Gasteiger partial charge in [-0.3, -0.25) is 29.6 Å². The van der Waals surface area contributed by atoms with E-state index in [1.165, 1.54) is 33.5 Å². The number of carbonyl (C=O) groups excluding carboxylic acids is 4. The number of Topliss-reactive ketones (excluding diaryl/α,β-unsaturated/α-hetero) is 1. The first-order valence-electron chi connectivity index (χ1n) is 10.0. The SMILES string of the molecule is COc1cccc(C(=O)COC(=O)C2CC(=O)N(NC(=O)c3cc(OC)cc(OC)c3)C2)c1. The average molecular weight is 456 g/mol. The normalized spacial score (nSPS) is 15.1. The van der Waals surface area contributed by atoms with Crippen molar-refractivity contribution in [2.24, 2.45) is 5.92 Å². The number of methoxy groups -OCH3 is 3. The van der Waals surface area contributed by atoms with E-state index in [9.17, 15) is 19.2 Å². The van der Waals surface area contributed by atoms with Gasteiger partial charge in [0.2, 0.25) is 5.91 Å². The van der Waals surface area contributed by atoms with Crippen molar-refractivity contribution in [3.63, 3.8) is 0 Å². The van der Waals surface area contributed by atoms with Crippen LogP contribution in [0.2, 0.25) is 0 Å². The first-order valence-corrected chi connectivity index (χ1v) is 10.0. The minimum atomic E-state index is -0.809. The molecule has 1 aliphatic heterocycles. The van der Waals surface area contributed by atoms with Crippen molar-refractivity contribution in [2.75, 3.05) is 34.5 Å². The molecule has 1 fully saturated rings. The lowest BCUT2D eigenvalue weighted by Gasteiger charge is -2.18. The molecule has 3 rings (SSSR count).